The van der Waals surface area contributed by atoms with E-state index >= 15 is 0 Å². The molecule has 104 valence electrons. The fourth-order valence-corrected chi connectivity index (χ4v) is 2.32. The van der Waals surface area contributed by atoms with Gasteiger partial charge in [-0.15, -0.1) is 12.6 Å². The Morgan fingerprint density at radius 1 is 1.35 bits per heavy atom. The van der Waals surface area contributed by atoms with E-state index in [1.807, 2.05) is 13.0 Å². The third kappa shape index (κ3) is 3.23. The summed E-state index contributed by atoms with van der Waals surface area (Å²) in [5.74, 6) is 0.474. The molecule has 0 heterocycles. The standard InChI is InChI=1S/C14H12ClNO3S/c1-9-3-2-4-13(16(17)18)11(9)8-19-14-6-5-10(20)7-12(14)15/h2-7,20H,8H2,1H3. The number of ether oxygens (including phenoxy) is 1. The maximum Gasteiger partial charge on any atom is 0.276 e. The Morgan fingerprint density at radius 3 is 2.75 bits per heavy atom. The first-order valence-corrected chi connectivity index (χ1v) is 6.65. The van der Waals surface area contributed by atoms with Gasteiger partial charge in [-0.2, -0.15) is 0 Å². The Labute approximate surface area is 126 Å². The van der Waals surface area contributed by atoms with Crippen LogP contribution >= 0.6 is 24.2 Å². The number of rotatable bonds is 4. The molecule has 0 radical (unpaired) electrons. The van der Waals surface area contributed by atoms with Crippen molar-refractivity contribution in [3.63, 3.8) is 0 Å². The molecule has 0 aliphatic rings. The molecule has 0 unspecified atom stereocenters. The zero-order chi connectivity index (χ0) is 14.7. The second-order valence-corrected chi connectivity index (χ2v) is 5.16. The maximum atomic E-state index is 11.0. The second-order valence-electron chi connectivity index (χ2n) is 4.23. The second kappa shape index (κ2) is 6.15. The molecule has 0 aliphatic heterocycles. The smallest absolute Gasteiger partial charge is 0.276 e. The number of hydrogen-bond donors (Lipinski definition) is 1. The molecule has 6 heteroatoms. The van der Waals surface area contributed by atoms with Gasteiger partial charge in [0.25, 0.3) is 5.69 Å². The van der Waals surface area contributed by atoms with Crippen LogP contribution in [0.15, 0.2) is 41.3 Å². The largest absolute Gasteiger partial charge is 0.487 e. The van der Waals surface area contributed by atoms with E-state index in [9.17, 15) is 10.1 Å². The Balaban J connectivity index is 2.25. The van der Waals surface area contributed by atoms with Crippen molar-refractivity contribution in [3.8, 4) is 5.75 Å². The summed E-state index contributed by atoms with van der Waals surface area (Å²) in [5, 5.41) is 11.4. The van der Waals surface area contributed by atoms with Gasteiger partial charge in [-0.25, -0.2) is 0 Å². The van der Waals surface area contributed by atoms with Crippen LogP contribution in [-0.4, -0.2) is 4.92 Å². The SMILES string of the molecule is Cc1cccc([N+](=O)[O-])c1COc1ccc(S)cc1Cl. The number of benzene rings is 2. The summed E-state index contributed by atoms with van der Waals surface area (Å²) in [4.78, 5) is 11.3. The predicted octanol–water partition coefficient (Wildman–Crippen LogP) is 4.42. The number of halogens is 1. The normalized spacial score (nSPS) is 10.3. The summed E-state index contributed by atoms with van der Waals surface area (Å²) in [6.07, 6.45) is 0. The average Bonchev–Trinajstić information content (AvgIpc) is 2.38. The lowest BCUT2D eigenvalue weighted by Gasteiger charge is -2.10. The number of aryl methyl sites for hydroxylation is 1. The highest BCUT2D eigenvalue weighted by Gasteiger charge is 2.16. The average molecular weight is 310 g/mol. The van der Waals surface area contributed by atoms with Gasteiger partial charge in [-0.3, -0.25) is 10.1 Å². The molecule has 0 aliphatic carbocycles. The number of nitrogens with zero attached hydrogens (tertiary/aromatic N) is 1. The lowest BCUT2D eigenvalue weighted by atomic mass is 10.1. The Morgan fingerprint density at radius 2 is 2.10 bits per heavy atom. The maximum absolute atomic E-state index is 11.0. The molecule has 0 saturated heterocycles. The van der Waals surface area contributed by atoms with Crippen molar-refractivity contribution in [2.75, 3.05) is 0 Å². The molecule has 20 heavy (non-hydrogen) atoms. The van der Waals surface area contributed by atoms with E-state index in [0.29, 0.717) is 16.3 Å². The van der Waals surface area contributed by atoms with Crippen LogP contribution in [-0.2, 0) is 6.61 Å². The van der Waals surface area contributed by atoms with Crippen LogP contribution in [0, 0.1) is 17.0 Å². The number of thiol groups is 1. The van der Waals surface area contributed by atoms with E-state index in [1.54, 1.807) is 24.3 Å². The third-order valence-corrected chi connectivity index (χ3v) is 3.44. The van der Waals surface area contributed by atoms with E-state index < -0.39 is 4.92 Å². The fourth-order valence-electron chi connectivity index (χ4n) is 1.80. The number of hydrogen-bond acceptors (Lipinski definition) is 4. The first-order valence-electron chi connectivity index (χ1n) is 5.83. The number of nitro groups is 1. The van der Waals surface area contributed by atoms with Gasteiger partial charge in [0, 0.05) is 11.0 Å². The van der Waals surface area contributed by atoms with Crippen molar-refractivity contribution in [2.24, 2.45) is 0 Å². The van der Waals surface area contributed by atoms with Crippen molar-refractivity contribution in [3.05, 3.63) is 62.7 Å². The minimum atomic E-state index is -0.413. The van der Waals surface area contributed by atoms with Crippen molar-refractivity contribution in [1.82, 2.24) is 0 Å². The van der Waals surface area contributed by atoms with E-state index in [-0.39, 0.29) is 12.3 Å². The van der Waals surface area contributed by atoms with Gasteiger partial charge in [-0.05, 0) is 30.7 Å². The lowest BCUT2D eigenvalue weighted by Crippen LogP contribution is -2.03. The van der Waals surface area contributed by atoms with Gasteiger partial charge in [-0.1, -0.05) is 23.7 Å². The Kier molecular flexibility index (Phi) is 4.52. The van der Waals surface area contributed by atoms with Crippen LogP contribution in [0.5, 0.6) is 5.75 Å². The summed E-state index contributed by atoms with van der Waals surface area (Å²) in [6, 6.07) is 10.0. The molecule has 0 N–H and O–H groups in total. The van der Waals surface area contributed by atoms with Crippen LogP contribution in [0.3, 0.4) is 0 Å². The molecule has 0 spiro atoms. The first-order chi connectivity index (χ1) is 9.49. The molecular formula is C14H12ClNO3S. The van der Waals surface area contributed by atoms with Crippen LogP contribution in [0.1, 0.15) is 11.1 Å². The minimum absolute atomic E-state index is 0.0481. The topological polar surface area (TPSA) is 52.4 Å². The van der Waals surface area contributed by atoms with Gasteiger partial charge >= 0.3 is 0 Å². The van der Waals surface area contributed by atoms with E-state index in [2.05, 4.69) is 12.6 Å². The van der Waals surface area contributed by atoms with Gasteiger partial charge in [0.05, 0.1) is 15.5 Å². The highest BCUT2D eigenvalue weighted by Crippen LogP contribution is 2.29. The Hall–Kier alpha value is -1.72. The van der Waals surface area contributed by atoms with Crippen molar-refractivity contribution in [1.29, 1.82) is 0 Å². The Bertz CT molecular complexity index is 661. The molecular weight excluding hydrogens is 298 g/mol. The van der Waals surface area contributed by atoms with Crippen LogP contribution in [0.2, 0.25) is 5.02 Å². The van der Waals surface area contributed by atoms with Crippen molar-refractivity contribution < 1.29 is 9.66 Å². The summed E-state index contributed by atoms with van der Waals surface area (Å²) in [6.45, 7) is 1.90. The van der Waals surface area contributed by atoms with Crippen molar-refractivity contribution in [2.45, 2.75) is 18.4 Å². The lowest BCUT2D eigenvalue weighted by molar-refractivity contribution is -0.385. The van der Waals surface area contributed by atoms with Crippen molar-refractivity contribution >= 4 is 29.9 Å². The van der Waals surface area contributed by atoms with Crippen LogP contribution in [0.4, 0.5) is 5.69 Å². The monoisotopic (exact) mass is 309 g/mol. The van der Waals surface area contributed by atoms with Crippen LogP contribution < -0.4 is 4.74 Å². The van der Waals surface area contributed by atoms with E-state index in [4.69, 9.17) is 16.3 Å². The zero-order valence-electron chi connectivity index (χ0n) is 10.7. The number of nitro benzene ring substituents is 1. The highest BCUT2D eigenvalue weighted by molar-refractivity contribution is 7.80. The molecule has 0 bridgehead atoms. The molecule has 0 atom stereocenters. The van der Waals surface area contributed by atoms with Gasteiger partial charge in [0.15, 0.2) is 0 Å². The minimum Gasteiger partial charge on any atom is -0.487 e. The quantitative estimate of drug-likeness (QED) is 0.516. The molecule has 0 aromatic heterocycles. The molecule has 0 amide bonds. The summed E-state index contributed by atoms with van der Waals surface area (Å²) < 4.78 is 5.58. The molecule has 0 fully saturated rings. The molecule has 4 nitrogen and oxygen atoms in total. The predicted molar refractivity (Wildman–Crippen MR) is 80.9 cm³/mol. The third-order valence-electron chi connectivity index (χ3n) is 2.87. The highest BCUT2D eigenvalue weighted by atomic mass is 35.5. The fraction of sp³-hybridized carbons (Fsp3) is 0.143. The van der Waals surface area contributed by atoms with Gasteiger partial charge in [0.1, 0.15) is 12.4 Å². The summed E-state index contributed by atoms with van der Waals surface area (Å²) in [5.41, 5.74) is 1.40. The zero-order valence-corrected chi connectivity index (χ0v) is 12.3. The van der Waals surface area contributed by atoms with Gasteiger partial charge in [0.2, 0.25) is 0 Å². The first kappa shape index (κ1) is 14.7. The van der Waals surface area contributed by atoms with Gasteiger partial charge < -0.3 is 4.74 Å². The molecule has 0 saturated carbocycles. The van der Waals surface area contributed by atoms with E-state index in [1.165, 1.54) is 6.07 Å². The summed E-state index contributed by atoms with van der Waals surface area (Å²) in [7, 11) is 0. The molecule has 2 aromatic carbocycles. The molecule has 2 aromatic rings. The van der Waals surface area contributed by atoms with Crippen LogP contribution in [0.25, 0.3) is 0 Å². The summed E-state index contributed by atoms with van der Waals surface area (Å²) >= 11 is 10.2. The molecule has 2 rings (SSSR count). The van der Waals surface area contributed by atoms with E-state index in [0.717, 1.165) is 10.5 Å².